The monoisotopic (exact) mass is 364 g/mol. The Morgan fingerprint density at radius 1 is 1.36 bits per heavy atom. The molecule has 134 valence electrons. The smallest absolute Gasteiger partial charge is 0.320 e. The molecule has 0 bridgehead atoms. The van der Waals surface area contributed by atoms with Gasteiger partial charge < -0.3 is 10.4 Å². The Morgan fingerprint density at radius 2 is 2.12 bits per heavy atom. The first-order valence-corrected chi connectivity index (χ1v) is 8.80. The number of hydrogen-bond donors (Lipinski definition) is 2. The zero-order valence-electron chi connectivity index (χ0n) is 14.2. The van der Waals surface area contributed by atoms with Gasteiger partial charge in [0.1, 0.15) is 11.9 Å². The molecule has 25 heavy (non-hydrogen) atoms. The lowest BCUT2D eigenvalue weighted by Crippen LogP contribution is -2.42. The quantitative estimate of drug-likeness (QED) is 0.756. The highest BCUT2D eigenvalue weighted by molar-refractivity contribution is 7.13. The van der Waals surface area contributed by atoms with Crippen LogP contribution in [0.15, 0.2) is 35.7 Å². The van der Waals surface area contributed by atoms with Crippen molar-refractivity contribution < 1.29 is 19.1 Å². The van der Waals surface area contributed by atoms with E-state index in [0.29, 0.717) is 25.2 Å². The molecule has 1 atom stereocenters. The number of nitrogens with one attached hydrogen (secondary N) is 1. The predicted molar refractivity (Wildman–Crippen MR) is 95.9 cm³/mol. The molecular weight excluding hydrogens is 343 g/mol. The summed E-state index contributed by atoms with van der Waals surface area (Å²) in [6, 6.07) is 7.80. The second-order valence-electron chi connectivity index (χ2n) is 5.76. The normalized spacial score (nSPS) is 12.2. The van der Waals surface area contributed by atoms with E-state index >= 15 is 0 Å². The second-order valence-corrected chi connectivity index (χ2v) is 6.71. The van der Waals surface area contributed by atoms with E-state index in [-0.39, 0.29) is 11.7 Å². The molecule has 0 aliphatic rings. The first-order valence-electron chi connectivity index (χ1n) is 7.92. The molecule has 2 N–H and O–H groups in total. The van der Waals surface area contributed by atoms with Gasteiger partial charge in [0.25, 0.3) is 0 Å². The van der Waals surface area contributed by atoms with Crippen molar-refractivity contribution in [3.8, 4) is 10.4 Å². The van der Waals surface area contributed by atoms with Crippen molar-refractivity contribution in [3.05, 3.63) is 47.1 Å². The zero-order chi connectivity index (χ0) is 18.4. The average molecular weight is 364 g/mol. The molecule has 5 nitrogen and oxygen atoms in total. The maximum atomic E-state index is 14.1. The molecule has 0 aliphatic carbocycles. The van der Waals surface area contributed by atoms with Crippen LogP contribution in [-0.2, 0) is 16.1 Å². The summed E-state index contributed by atoms with van der Waals surface area (Å²) in [5.41, 5.74) is 1.33. The Hall–Kier alpha value is -2.25. The third-order valence-electron chi connectivity index (χ3n) is 3.88. The average Bonchev–Trinajstić information content (AvgIpc) is 3.08. The van der Waals surface area contributed by atoms with Crippen LogP contribution < -0.4 is 5.32 Å². The van der Waals surface area contributed by atoms with E-state index in [0.717, 1.165) is 10.4 Å². The molecule has 0 saturated carbocycles. The number of benzene rings is 1. The Labute approximate surface area is 150 Å². The summed E-state index contributed by atoms with van der Waals surface area (Å²) in [6.45, 7) is 4.11. The molecule has 0 radical (unpaired) electrons. The topological polar surface area (TPSA) is 69.6 Å². The second kappa shape index (κ2) is 8.73. The van der Waals surface area contributed by atoms with Crippen molar-refractivity contribution in [2.45, 2.75) is 26.4 Å². The number of amides is 1. The van der Waals surface area contributed by atoms with Gasteiger partial charge in [-0.3, -0.25) is 14.5 Å². The number of rotatable bonds is 8. The van der Waals surface area contributed by atoms with Crippen molar-refractivity contribution in [1.82, 2.24) is 10.2 Å². The Bertz CT molecular complexity index is 734. The number of carbonyl (C=O) groups is 2. The summed E-state index contributed by atoms with van der Waals surface area (Å²) >= 11 is 1.45. The third kappa shape index (κ3) is 5.37. The van der Waals surface area contributed by atoms with Crippen LogP contribution in [0.4, 0.5) is 4.39 Å². The Kier molecular flexibility index (Phi) is 6.66. The van der Waals surface area contributed by atoms with Crippen molar-refractivity contribution in [1.29, 1.82) is 0 Å². The van der Waals surface area contributed by atoms with Crippen molar-refractivity contribution in [2.24, 2.45) is 0 Å². The van der Waals surface area contributed by atoms with Crippen LogP contribution in [0.1, 0.15) is 19.4 Å². The number of carboxylic acid groups (broad SMARTS) is 1. The minimum atomic E-state index is -0.941. The fraction of sp³-hybridized carbons (Fsp3) is 0.333. The first kappa shape index (κ1) is 19.1. The zero-order valence-corrected chi connectivity index (χ0v) is 15.0. The molecule has 0 saturated heterocycles. The maximum absolute atomic E-state index is 14.1. The molecule has 1 aromatic carbocycles. The van der Waals surface area contributed by atoms with Gasteiger partial charge in [0.05, 0.1) is 0 Å². The van der Waals surface area contributed by atoms with E-state index in [4.69, 9.17) is 0 Å². The highest BCUT2D eigenvalue weighted by Gasteiger charge is 2.21. The predicted octanol–water partition coefficient (Wildman–Crippen LogP) is 2.97. The molecule has 2 aromatic rings. The summed E-state index contributed by atoms with van der Waals surface area (Å²) in [7, 11) is 0. The van der Waals surface area contributed by atoms with Gasteiger partial charge in [-0.05, 0) is 36.1 Å². The van der Waals surface area contributed by atoms with Gasteiger partial charge in [-0.1, -0.05) is 12.1 Å². The van der Waals surface area contributed by atoms with Gasteiger partial charge in [0.2, 0.25) is 5.91 Å². The van der Waals surface area contributed by atoms with Gasteiger partial charge in [-0.15, -0.1) is 11.3 Å². The van der Waals surface area contributed by atoms with Gasteiger partial charge in [0, 0.05) is 37.0 Å². The number of halogens is 1. The van der Waals surface area contributed by atoms with Gasteiger partial charge in [0.15, 0.2) is 0 Å². The highest BCUT2D eigenvalue weighted by atomic mass is 32.1. The van der Waals surface area contributed by atoms with Crippen LogP contribution in [0.25, 0.3) is 10.4 Å². The standard InChI is InChI=1S/C18H21FN2O3S/c1-12(18(23)24)21(8-7-20-13(2)22)11-14-5-6-16(19)15(10-14)17-4-3-9-25-17/h3-6,9-10,12H,7-8,11H2,1-2H3,(H,20,22)(H,23,24). The number of thiophene rings is 1. The minimum absolute atomic E-state index is 0.162. The highest BCUT2D eigenvalue weighted by Crippen LogP contribution is 2.28. The van der Waals surface area contributed by atoms with Crippen LogP contribution >= 0.6 is 11.3 Å². The molecule has 1 aromatic heterocycles. The molecular formula is C18H21FN2O3S. The van der Waals surface area contributed by atoms with E-state index in [2.05, 4.69) is 5.32 Å². The molecule has 0 spiro atoms. The first-order chi connectivity index (χ1) is 11.9. The molecule has 1 heterocycles. The third-order valence-corrected chi connectivity index (χ3v) is 4.78. The van der Waals surface area contributed by atoms with E-state index in [9.17, 15) is 19.1 Å². The van der Waals surface area contributed by atoms with Crippen molar-refractivity contribution in [3.63, 3.8) is 0 Å². The Balaban J connectivity index is 2.18. The van der Waals surface area contributed by atoms with E-state index in [1.54, 1.807) is 24.0 Å². The van der Waals surface area contributed by atoms with Crippen LogP contribution in [0.2, 0.25) is 0 Å². The SMILES string of the molecule is CC(=O)NCCN(Cc1ccc(F)c(-c2cccs2)c1)C(C)C(=O)O. The van der Waals surface area contributed by atoms with Crippen molar-refractivity contribution >= 4 is 23.2 Å². The molecule has 2 rings (SSSR count). The summed E-state index contributed by atoms with van der Waals surface area (Å²) < 4.78 is 14.1. The number of aliphatic carboxylic acids is 1. The molecule has 1 unspecified atom stereocenters. The fourth-order valence-electron chi connectivity index (χ4n) is 2.47. The van der Waals surface area contributed by atoms with Gasteiger partial charge in [-0.25, -0.2) is 4.39 Å². The number of carboxylic acids is 1. The summed E-state index contributed by atoms with van der Waals surface area (Å²) in [5.74, 6) is -1.41. The van der Waals surface area contributed by atoms with Gasteiger partial charge >= 0.3 is 5.97 Å². The minimum Gasteiger partial charge on any atom is -0.480 e. The summed E-state index contributed by atoms with van der Waals surface area (Å²) in [5, 5.41) is 13.8. The molecule has 0 fully saturated rings. The fourth-order valence-corrected chi connectivity index (χ4v) is 3.21. The van der Waals surface area contributed by atoms with E-state index in [1.807, 2.05) is 17.5 Å². The molecule has 1 amide bonds. The molecule has 0 aliphatic heterocycles. The molecule has 7 heteroatoms. The van der Waals surface area contributed by atoms with E-state index < -0.39 is 12.0 Å². The maximum Gasteiger partial charge on any atom is 0.320 e. The largest absolute Gasteiger partial charge is 0.480 e. The van der Waals surface area contributed by atoms with Gasteiger partial charge in [-0.2, -0.15) is 0 Å². The van der Waals surface area contributed by atoms with Crippen LogP contribution in [0.5, 0.6) is 0 Å². The summed E-state index contributed by atoms with van der Waals surface area (Å²) in [6.07, 6.45) is 0. The van der Waals surface area contributed by atoms with Crippen LogP contribution in [-0.4, -0.2) is 41.0 Å². The van der Waals surface area contributed by atoms with Crippen LogP contribution in [0.3, 0.4) is 0 Å². The van der Waals surface area contributed by atoms with Crippen molar-refractivity contribution in [2.75, 3.05) is 13.1 Å². The lowest BCUT2D eigenvalue weighted by molar-refractivity contribution is -0.142. The number of hydrogen-bond acceptors (Lipinski definition) is 4. The Morgan fingerprint density at radius 3 is 2.72 bits per heavy atom. The van der Waals surface area contributed by atoms with E-state index in [1.165, 1.54) is 24.3 Å². The van der Waals surface area contributed by atoms with Crippen LogP contribution in [0, 0.1) is 5.82 Å². The lowest BCUT2D eigenvalue weighted by Gasteiger charge is -2.26. The number of nitrogens with zero attached hydrogens (tertiary/aromatic N) is 1. The number of carbonyl (C=O) groups excluding carboxylic acids is 1. The summed E-state index contributed by atoms with van der Waals surface area (Å²) in [4.78, 5) is 24.9. The lowest BCUT2D eigenvalue weighted by atomic mass is 10.1.